The molecule has 1 aromatic carbocycles. The van der Waals surface area contributed by atoms with E-state index >= 15 is 0 Å². The van der Waals surface area contributed by atoms with Gasteiger partial charge in [-0.15, -0.1) is 0 Å². The van der Waals surface area contributed by atoms with Crippen molar-refractivity contribution in [1.29, 1.82) is 0 Å². The van der Waals surface area contributed by atoms with Crippen LogP contribution in [0.5, 0.6) is 0 Å². The minimum Gasteiger partial charge on any atom is -0.250 e. The maximum absolute atomic E-state index is 4.29. The van der Waals surface area contributed by atoms with Crippen LogP contribution in [-0.2, 0) is 0 Å². The summed E-state index contributed by atoms with van der Waals surface area (Å²) in [6.07, 6.45) is 0. The van der Waals surface area contributed by atoms with Gasteiger partial charge in [0.25, 0.3) is 0 Å². The number of halogens is 1. The van der Waals surface area contributed by atoms with Crippen molar-refractivity contribution in [3.63, 3.8) is 0 Å². The van der Waals surface area contributed by atoms with Crippen molar-refractivity contribution in [2.45, 2.75) is 0 Å². The fourth-order valence-corrected chi connectivity index (χ4v) is 2.41. The topological polar surface area (TPSA) is 12.4 Å². The van der Waals surface area contributed by atoms with Crippen molar-refractivity contribution in [1.82, 2.24) is 0 Å². The Balaban J connectivity index is 2.65. The average Bonchev–Trinajstić information content (AvgIpc) is 2.05. The Labute approximate surface area is 69.5 Å². The fraction of sp³-hybridized carbons (Fsp3) is 0. The standard InChI is InChI=1S/C8H6IN/c1-2-4-8-7(3-1)5-9-6-10-8/h1-6H. The number of benzene rings is 1. The lowest BCUT2D eigenvalue weighted by molar-refractivity contribution is 1.54. The first-order valence-corrected chi connectivity index (χ1v) is 5.53. The molecule has 1 heterocycles. The molecule has 0 saturated heterocycles. The van der Waals surface area contributed by atoms with Crippen LogP contribution in [-0.4, -0.2) is 8.23 Å². The molecule has 1 nitrogen and oxygen atoms in total. The Morgan fingerprint density at radius 1 is 1.20 bits per heavy atom. The summed E-state index contributed by atoms with van der Waals surface area (Å²) < 4.78 is 4.34. The Morgan fingerprint density at radius 2 is 2.10 bits per heavy atom. The quantitative estimate of drug-likeness (QED) is 0.620. The second-order valence-electron chi connectivity index (χ2n) is 2.02. The number of nitrogens with zero attached hydrogens (tertiary/aromatic N) is 1. The van der Waals surface area contributed by atoms with Crippen molar-refractivity contribution in [3.8, 4) is 0 Å². The van der Waals surface area contributed by atoms with Crippen LogP contribution < -0.4 is 0 Å². The molecule has 0 atom stereocenters. The summed E-state index contributed by atoms with van der Waals surface area (Å²) in [5, 5.41) is 0. The van der Waals surface area contributed by atoms with E-state index in [4.69, 9.17) is 0 Å². The minimum absolute atomic E-state index is 0.109. The lowest BCUT2D eigenvalue weighted by Crippen LogP contribution is -1.81. The summed E-state index contributed by atoms with van der Waals surface area (Å²) in [5.74, 6) is 0. The van der Waals surface area contributed by atoms with Gasteiger partial charge in [0.15, 0.2) is 0 Å². The summed E-state index contributed by atoms with van der Waals surface area (Å²) in [6, 6.07) is 8.24. The summed E-state index contributed by atoms with van der Waals surface area (Å²) >= 11 is 0.109. The zero-order valence-electron chi connectivity index (χ0n) is 5.29. The molecule has 0 unspecified atom stereocenters. The number of aliphatic imine (C=N–C) groups is 1. The lowest BCUT2D eigenvalue weighted by Gasteiger charge is -2.00. The molecule has 0 amide bonds. The van der Waals surface area contributed by atoms with Gasteiger partial charge < -0.3 is 0 Å². The van der Waals surface area contributed by atoms with E-state index in [9.17, 15) is 0 Å². The first kappa shape index (κ1) is 6.22. The molecule has 1 aliphatic rings. The van der Waals surface area contributed by atoms with Gasteiger partial charge in [-0.2, -0.15) is 0 Å². The van der Waals surface area contributed by atoms with Gasteiger partial charge in [-0.3, -0.25) is 4.99 Å². The van der Waals surface area contributed by atoms with E-state index in [1.165, 1.54) is 5.56 Å². The molecule has 1 aliphatic heterocycles. The SMILES string of the molecule is C1=Nc2ccccc2C=I1. The van der Waals surface area contributed by atoms with Crippen LogP contribution in [0.25, 0.3) is 0 Å². The van der Waals surface area contributed by atoms with E-state index in [2.05, 4.69) is 21.1 Å². The van der Waals surface area contributed by atoms with E-state index in [1.54, 1.807) is 0 Å². The third kappa shape index (κ3) is 1.03. The van der Waals surface area contributed by atoms with Crippen LogP contribution >= 0.6 is 20.7 Å². The van der Waals surface area contributed by atoms with E-state index in [1.807, 2.05) is 16.4 Å². The van der Waals surface area contributed by atoms with Crippen LogP contribution in [0.3, 0.4) is 0 Å². The van der Waals surface area contributed by atoms with Gasteiger partial charge in [0.1, 0.15) is 0 Å². The normalized spacial score (nSPS) is 14.0. The lowest BCUT2D eigenvalue weighted by atomic mass is 10.2. The van der Waals surface area contributed by atoms with E-state index < -0.39 is 0 Å². The average molecular weight is 243 g/mol. The highest BCUT2D eigenvalue weighted by atomic mass is 127. The fourth-order valence-electron chi connectivity index (χ4n) is 0.874. The maximum Gasteiger partial charge on any atom is 0.0711 e. The molecule has 0 bridgehead atoms. The summed E-state index contributed by atoms with van der Waals surface area (Å²) in [4.78, 5) is 4.29. The molecule has 0 saturated carbocycles. The first-order chi connectivity index (χ1) is 4.97. The molecule has 2 heteroatoms. The van der Waals surface area contributed by atoms with Crippen LogP contribution in [0.2, 0.25) is 0 Å². The molecule has 0 N–H and O–H groups in total. The largest absolute Gasteiger partial charge is 0.250 e. The van der Waals surface area contributed by atoms with Gasteiger partial charge >= 0.3 is 0 Å². The predicted molar refractivity (Wildman–Crippen MR) is 53.8 cm³/mol. The van der Waals surface area contributed by atoms with Crippen molar-refractivity contribution < 1.29 is 0 Å². The Kier molecular flexibility index (Phi) is 1.63. The minimum atomic E-state index is 0.109. The first-order valence-electron chi connectivity index (χ1n) is 3.03. The molecule has 1 aromatic rings. The highest BCUT2D eigenvalue weighted by Gasteiger charge is 1.96. The number of rotatable bonds is 0. The summed E-state index contributed by atoms with van der Waals surface area (Å²) in [5.41, 5.74) is 2.42. The monoisotopic (exact) mass is 243 g/mol. The van der Waals surface area contributed by atoms with Gasteiger partial charge in [0.05, 0.1) is 9.91 Å². The predicted octanol–water partition coefficient (Wildman–Crippen LogP) is 2.48. The van der Waals surface area contributed by atoms with Crippen LogP contribution in [0.1, 0.15) is 5.56 Å². The summed E-state index contributed by atoms with van der Waals surface area (Å²) in [7, 11) is 0. The Hall–Kier alpha value is -0.510. The number of hydrogen-bond acceptors (Lipinski definition) is 1. The molecule has 2 rings (SSSR count). The van der Waals surface area contributed by atoms with Gasteiger partial charge in [-0.05, 0) is 10.1 Å². The number of para-hydroxylation sites is 1. The van der Waals surface area contributed by atoms with Gasteiger partial charge in [-0.25, -0.2) is 0 Å². The number of fused-ring (bicyclic) bond motifs is 1. The summed E-state index contributed by atoms with van der Waals surface area (Å²) in [6.45, 7) is 0. The van der Waals surface area contributed by atoms with Gasteiger partial charge in [0, 0.05) is 5.56 Å². The smallest absolute Gasteiger partial charge is 0.0711 e. The van der Waals surface area contributed by atoms with Crippen LogP contribution in [0.4, 0.5) is 5.69 Å². The third-order valence-corrected chi connectivity index (χ3v) is 2.99. The highest BCUT2D eigenvalue weighted by molar-refractivity contribution is 14.2. The zero-order chi connectivity index (χ0) is 6.81. The Morgan fingerprint density at radius 3 is 3.00 bits per heavy atom. The Bertz CT molecular complexity index is 271. The van der Waals surface area contributed by atoms with Crippen molar-refractivity contribution >= 4 is 34.7 Å². The molecule has 0 radical (unpaired) electrons. The third-order valence-electron chi connectivity index (χ3n) is 1.36. The maximum atomic E-state index is 4.29. The van der Waals surface area contributed by atoms with Crippen LogP contribution in [0.15, 0.2) is 29.3 Å². The van der Waals surface area contributed by atoms with Crippen molar-refractivity contribution in [3.05, 3.63) is 29.8 Å². The molecule has 0 fully saturated rings. The van der Waals surface area contributed by atoms with Gasteiger partial charge in [-0.1, -0.05) is 38.9 Å². The van der Waals surface area contributed by atoms with Gasteiger partial charge in [0.2, 0.25) is 0 Å². The molecule has 10 heavy (non-hydrogen) atoms. The molecular formula is C8H6IN. The molecule has 0 spiro atoms. The molecular weight excluding hydrogens is 237 g/mol. The molecule has 0 aliphatic carbocycles. The van der Waals surface area contributed by atoms with Crippen molar-refractivity contribution in [2.24, 2.45) is 4.99 Å². The highest BCUT2D eigenvalue weighted by Crippen LogP contribution is 2.21. The van der Waals surface area contributed by atoms with E-state index in [0.717, 1.165) is 5.69 Å². The molecule has 0 aromatic heterocycles. The zero-order valence-corrected chi connectivity index (χ0v) is 7.45. The second-order valence-corrected chi connectivity index (χ2v) is 3.92. The van der Waals surface area contributed by atoms with E-state index in [0.29, 0.717) is 0 Å². The number of hydrogen-bond donors (Lipinski definition) is 0. The van der Waals surface area contributed by atoms with Crippen LogP contribution in [0, 0.1) is 0 Å². The molecule has 50 valence electrons. The van der Waals surface area contributed by atoms with E-state index in [-0.39, 0.29) is 20.7 Å². The second kappa shape index (κ2) is 2.62. The van der Waals surface area contributed by atoms with Crippen molar-refractivity contribution in [2.75, 3.05) is 0 Å².